The molecule has 0 bridgehead atoms. The van der Waals surface area contributed by atoms with E-state index in [1.165, 1.54) is 12.2 Å². The molecular weight excluding hydrogens is 146 g/mol. The molecule has 1 aliphatic heterocycles. The zero-order chi connectivity index (χ0) is 8.97. The van der Waals surface area contributed by atoms with E-state index >= 15 is 0 Å². The molecule has 0 amide bonds. The Morgan fingerprint density at radius 2 is 2.64 bits per heavy atom. The van der Waals surface area contributed by atoms with Gasteiger partial charge in [-0.2, -0.15) is 5.06 Å². The summed E-state index contributed by atoms with van der Waals surface area (Å²) in [6.45, 7) is 0.707. The molecule has 0 saturated carbocycles. The third-order valence-corrected chi connectivity index (χ3v) is 1.84. The molecule has 1 aliphatic rings. The number of esters is 1. The minimum atomic E-state index is -0.305. The standard InChI is InChI=1S/C7H13NO3/c1-10-7(9)6-4-3-5-8(6)11-2/h6H,3-5H2,1-2H3/t6-/m0/s1/i2D. The van der Waals surface area contributed by atoms with E-state index in [1.807, 2.05) is 0 Å². The van der Waals surface area contributed by atoms with E-state index in [4.69, 9.17) is 6.21 Å². The molecule has 4 nitrogen and oxygen atoms in total. The summed E-state index contributed by atoms with van der Waals surface area (Å²) in [5.41, 5.74) is 0. The van der Waals surface area contributed by atoms with Crippen molar-refractivity contribution < 1.29 is 15.7 Å². The molecule has 0 aromatic rings. The Labute approximate surface area is 67.4 Å². The van der Waals surface area contributed by atoms with E-state index in [1.54, 1.807) is 0 Å². The summed E-state index contributed by atoms with van der Waals surface area (Å²) in [7, 11) is 1.22. The van der Waals surface area contributed by atoms with E-state index in [9.17, 15) is 4.79 Å². The number of carbonyl (C=O) groups is 1. The second-order valence-electron chi connectivity index (χ2n) is 2.45. The Kier molecular flexibility index (Phi) is 2.37. The third-order valence-electron chi connectivity index (χ3n) is 1.84. The Balaban J connectivity index is 2.45. The number of methoxy groups -OCH3 is 1. The van der Waals surface area contributed by atoms with Crippen molar-refractivity contribution in [1.29, 1.82) is 0 Å². The van der Waals surface area contributed by atoms with Crippen LogP contribution >= 0.6 is 0 Å². The fraction of sp³-hybridized carbons (Fsp3) is 0.857. The molecule has 0 N–H and O–H groups in total. The molecule has 0 spiro atoms. The summed E-state index contributed by atoms with van der Waals surface area (Å²) >= 11 is 0. The number of hydroxylamine groups is 2. The van der Waals surface area contributed by atoms with Gasteiger partial charge in [0.05, 0.1) is 15.6 Å². The molecule has 1 rings (SSSR count). The molecule has 4 heteroatoms. The zero-order valence-electron chi connectivity index (χ0n) is 7.58. The topological polar surface area (TPSA) is 38.8 Å². The van der Waals surface area contributed by atoms with Gasteiger partial charge in [0.2, 0.25) is 0 Å². The molecule has 1 atom stereocenters. The van der Waals surface area contributed by atoms with E-state index in [0.717, 1.165) is 12.8 Å². The maximum absolute atomic E-state index is 11.1. The lowest BCUT2D eigenvalue weighted by Crippen LogP contribution is -2.35. The number of ether oxygens (including phenoxy) is 1. The summed E-state index contributed by atoms with van der Waals surface area (Å²) in [6, 6.07) is -0.305. The Morgan fingerprint density at radius 3 is 3.27 bits per heavy atom. The maximum atomic E-state index is 11.1. The summed E-state index contributed by atoms with van der Waals surface area (Å²) in [5.74, 6) is -0.277. The van der Waals surface area contributed by atoms with Crippen LogP contribution in [0.1, 0.15) is 14.2 Å². The summed E-state index contributed by atoms with van der Waals surface area (Å²) in [5, 5.41) is 1.53. The van der Waals surface area contributed by atoms with Gasteiger partial charge in [0.25, 0.3) is 0 Å². The van der Waals surface area contributed by atoms with Crippen LogP contribution in [0.15, 0.2) is 0 Å². The Morgan fingerprint density at radius 1 is 1.82 bits per heavy atom. The predicted octanol–water partition coefficient (Wildman–Crippen LogP) is 0.185. The predicted molar refractivity (Wildman–Crippen MR) is 38.8 cm³/mol. The number of carbonyl (C=O) groups excluding carboxylic acids is 1. The zero-order valence-corrected chi connectivity index (χ0v) is 6.58. The Bertz CT molecular complexity index is 165. The van der Waals surface area contributed by atoms with Gasteiger partial charge < -0.3 is 9.57 Å². The smallest absolute Gasteiger partial charge is 0.325 e. The molecule has 1 heterocycles. The molecule has 11 heavy (non-hydrogen) atoms. The molecule has 0 unspecified atom stereocenters. The van der Waals surface area contributed by atoms with E-state index in [2.05, 4.69) is 4.74 Å². The fourth-order valence-corrected chi connectivity index (χ4v) is 1.27. The van der Waals surface area contributed by atoms with Crippen molar-refractivity contribution in [2.24, 2.45) is 0 Å². The van der Waals surface area contributed by atoms with Gasteiger partial charge in [-0.25, -0.2) is 0 Å². The number of hydrogen-bond donors (Lipinski definition) is 0. The van der Waals surface area contributed by atoms with Crippen LogP contribution < -0.4 is 0 Å². The second kappa shape index (κ2) is 3.69. The monoisotopic (exact) mass is 160 g/mol. The number of hydrogen-bond acceptors (Lipinski definition) is 4. The van der Waals surface area contributed by atoms with Crippen LogP contribution in [0.2, 0.25) is 0 Å². The van der Waals surface area contributed by atoms with Crippen molar-refractivity contribution in [3.63, 3.8) is 0 Å². The van der Waals surface area contributed by atoms with E-state index < -0.39 is 0 Å². The van der Waals surface area contributed by atoms with Crippen LogP contribution in [0, 0.1) is 0 Å². The maximum Gasteiger partial charge on any atom is 0.325 e. The van der Waals surface area contributed by atoms with Gasteiger partial charge in [-0.1, -0.05) is 0 Å². The normalized spacial score (nSPS) is 26.6. The van der Waals surface area contributed by atoms with Crippen LogP contribution in [0.3, 0.4) is 0 Å². The average molecular weight is 160 g/mol. The molecule has 0 aromatic carbocycles. The van der Waals surface area contributed by atoms with Crippen molar-refractivity contribution in [3.8, 4) is 0 Å². The average Bonchev–Trinajstić information content (AvgIpc) is 2.52. The van der Waals surface area contributed by atoms with Gasteiger partial charge in [-0.15, -0.1) is 0 Å². The highest BCUT2D eigenvalue weighted by molar-refractivity contribution is 5.75. The van der Waals surface area contributed by atoms with Crippen molar-refractivity contribution in [2.45, 2.75) is 18.9 Å². The van der Waals surface area contributed by atoms with Gasteiger partial charge in [-0.05, 0) is 12.8 Å². The van der Waals surface area contributed by atoms with Gasteiger partial charge >= 0.3 is 5.97 Å². The van der Waals surface area contributed by atoms with Gasteiger partial charge in [-0.3, -0.25) is 4.79 Å². The van der Waals surface area contributed by atoms with Crippen LogP contribution in [0.25, 0.3) is 0 Å². The third kappa shape index (κ3) is 1.70. The molecule has 1 saturated heterocycles. The largest absolute Gasteiger partial charge is 0.468 e. The van der Waals surface area contributed by atoms with Crippen molar-refractivity contribution in [2.75, 3.05) is 20.7 Å². The van der Waals surface area contributed by atoms with Crippen molar-refractivity contribution in [3.05, 3.63) is 0 Å². The molecular formula is C7H13NO3. The van der Waals surface area contributed by atoms with Crippen LogP contribution in [0.4, 0.5) is 0 Å². The summed E-state index contributed by atoms with van der Waals surface area (Å²) in [6.07, 6.45) is 1.67. The molecule has 64 valence electrons. The molecule has 0 aromatic heterocycles. The number of rotatable bonds is 2. The SMILES string of the molecule is [2H]CON1CCC[C@H]1C(=O)OC. The Hall–Kier alpha value is -0.610. The highest BCUT2D eigenvalue weighted by Crippen LogP contribution is 2.17. The first-order valence-corrected chi connectivity index (χ1v) is 3.56. The summed E-state index contributed by atoms with van der Waals surface area (Å²) in [4.78, 5) is 16.0. The lowest BCUT2D eigenvalue weighted by molar-refractivity contribution is -0.175. The quantitative estimate of drug-likeness (QED) is 0.540. The lowest BCUT2D eigenvalue weighted by Gasteiger charge is -2.18. The van der Waals surface area contributed by atoms with Crippen LogP contribution in [-0.2, 0) is 14.4 Å². The van der Waals surface area contributed by atoms with Gasteiger partial charge in [0, 0.05) is 6.54 Å². The fourth-order valence-electron chi connectivity index (χ4n) is 1.27. The minimum Gasteiger partial charge on any atom is -0.468 e. The highest BCUT2D eigenvalue weighted by atomic mass is 16.7. The first-order valence-electron chi connectivity index (χ1n) is 4.27. The highest BCUT2D eigenvalue weighted by Gasteiger charge is 2.31. The summed E-state index contributed by atoms with van der Waals surface area (Å²) < 4.78 is 11.4. The van der Waals surface area contributed by atoms with E-state index in [-0.39, 0.29) is 19.1 Å². The van der Waals surface area contributed by atoms with Crippen LogP contribution in [-0.4, -0.2) is 37.8 Å². The second-order valence-corrected chi connectivity index (χ2v) is 2.45. The van der Waals surface area contributed by atoms with Crippen molar-refractivity contribution >= 4 is 5.97 Å². The minimum absolute atomic E-state index is 0.145. The van der Waals surface area contributed by atoms with Crippen LogP contribution in [0.5, 0.6) is 0 Å². The van der Waals surface area contributed by atoms with Gasteiger partial charge in [0.15, 0.2) is 0 Å². The molecule has 0 radical (unpaired) electrons. The lowest BCUT2D eigenvalue weighted by atomic mass is 10.2. The van der Waals surface area contributed by atoms with E-state index in [0.29, 0.717) is 6.54 Å². The molecule has 0 aliphatic carbocycles. The number of nitrogens with zero attached hydrogens (tertiary/aromatic N) is 1. The van der Waals surface area contributed by atoms with Crippen molar-refractivity contribution in [1.82, 2.24) is 5.06 Å². The van der Waals surface area contributed by atoms with Gasteiger partial charge in [0.1, 0.15) is 6.04 Å². The first-order chi connectivity index (χ1) is 5.79. The molecule has 1 fully saturated rings. The first kappa shape index (κ1) is 7.06.